The van der Waals surface area contributed by atoms with E-state index in [9.17, 15) is 27.9 Å². The van der Waals surface area contributed by atoms with Crippen molar-refractivity contribution in [2.24, 2.45) is 5.92 Å². The van der Waals surface area contributed by atoms with Gasteiger partial charge in [0.05, 0.1) is 25.2 Å². The van der Waals surface area contributed by atoms with Crippen LogP contribution in [0, 0.1) is 19.8 Å². The molecule has 3 aromatic rings. The van der Waals surface area contributed by atoms with E-state index in [4.69, 9.17) is 9.90 Å². The van der Waals surface area contributed by atoms with Gasteiger partial charge in [-0.1, -0.05) is 35.9 Å². The summed E-state index contributed by atoms with van der Waals surface area (Å²) < 4.78 is 33.0. The number of aliphatic carboxylic acids is 2. The molecule has 1 unspecified atom stereocenters. The Hall–Kier alpha value is -4.42. The molecule has 1 fully saturated rings. The number of alkyl halides is 3. The first-order valence-corrected chi connectivity index (χ1v) is 13.0. The van der Waals surface area contributed by atoms with Crippen LogP contribution in [0.15, 0.2) is 59.7 Å². The summed E-state index contributed by atoms with van der Waals surface area (Å²) in [6, 6.07) is 13.0. The first kappa shape index (κ1) is 31.1. The molecule has 220 valence electrons. The Bertz CT molecular complexity index is 1370. The van der Waals surface area contributed by atoms with Crippen LogP contribution in [0.1, 0.15) is 42.0 Å². The average Bonchev–Trinajstić information content (AvgIpc) is 2.93. The number of aromatic nitrogens is 3. The summed E-state index contributed by atoms with van der Waals surface area (Å²) in [6.07, 6.45) is 0.309. The number of carbonyl (C=O) groups is 2. The molecule has 0 aliphatic carbocycles. The molecule has 0 bridgehead atoms. The van der Waals surface area contributed by atoms with Crippen molar-refractivity contribution in [3.8, 4) is 0 Å². The quantitative estimate of drug-likeness (QED) is 0.417. The molecule has 1 atom stereocenters. The van der Waals surface area contributed by atoms with E-state index in [1.165, 1.54) is 4.57 Å². The highest BCUT2D eigenvalue weighted by Gasteiger charge is 2.29. The number of nitrogens with one attached hydrogen (secondary N) is 2. The van der Waals surface area contributed by atoms with Crippen molar-refractivity contribution in [2.75, 3.05) is 29.9 Å². The Kier molecular flexibility index (Phi) is 10.5. The lowest BCUT2D eigenvalue weighted by Gasteiger charge is -2.33. The minimum atomic E-state index is -5.19. The molecular formula is C28H32F3N5O5. The first-order chi connectivity index (χ1) is 19.3. The number of anilines is 2. The largest absolute Gasteiger partial charge is 0.542 e. The van der Waals surface area contributed by atoms with Crippen LogP contribution in [0.4, 0.5) is 24.8 Å². The van der Waals surface area contributed by atoms with Gasteiger partial charge in [-0.25, -0.2) is 9.78 Å². The summed E-state index contributed by atoms with van der Waals surface area (Å²) in [5, 5.41) is 21.7. The number of carboxylic acids is 2. The maximum absolute atomic E-state index is 13.0. The van der Waals surface area contributed by atoms with Gasteiger partial charge in [-0.05, 0) is 44.2 Å². The van der Waals surface area contributed by atoms with Crippen LogP contribution in [-0.4, -0.2) is 52.4 Å². The normalized spacial score (nSPS) is 14.5. The predicted molar refractivity (Wildman–Crippen MR) is 142 cm³/mol. The smallest absolute Gasteiger partial charge is 0.430 e. The summed E-state index contributed by atoms with van der Waals surface area (Å²) in [7, 11) is 0. The van der Waals surface area contributed by atoms with Gasteiger partial charge in [0.2, 0.25) is 0 Å². The van der Waals surface area contributed by atoms with E-state index >= 15 is 0 Å². The number of carbonyl (C=O) groups excluding carboxylic acids is 1. The van der Waals surface area contributed by atoms with Crippen molar-refractivity contribution >= 4 is 23.6 Å². The van der Waals surface area contributed by atoms with Gasteiger partial charge >= 0.3 is 17.8 Å². The van der Waals surface area contributed by atoms with Crippen molar-refractivity contribution in [3.05, 3.63) is 82.0 Å². The fraction of sp³-hybridized carbons (Fsp3) is 0.393. The van der Waals surface area contributed by atoms with Crippen molar-refractivity contribution in [2.45, 2.75) is 45.3 Å². The summed E-state index contributed by atoms with van der Waals surface area (Å²) >= 11 is 0. The summed E-state index contributed by atoms with van der Waals surface area (Å²) in [5.41, 5.74) is 2.32. The highest BCUT2D eigenvalue weighted by molar-refractivity contribution is 5.70. The van der Waals surface area contributed by atoms with E-state index in [0.29, 0.717) is 11.7 Å². The maximum atomic E-state index is 13.0. The molecule has 2 aromatic heterocycles. The van der Waals surface area contributed by atoms with Crippen LogP contribution < -0.4 is 26.0 Å². The third-order valence-corrected chi connectivity index (χ3v) is 6.71. The number of aryl methyl sites for hydroxylation is 2. The third-order valence-electron chi connectivity index (χ3n) is 6.71. The number of piperidine rings is 1. The lowest BCUT2D eigenvalue weighted by atomic mass is 9.96. The molecule has 4 rings (SSSR count). The van der Waals surface area contributed by atoms with Gasteiger partial charge in [-0.2, -0.15) is 18.2 Å². The average molecular weight is 576 g/mol. The molecule has 10 nitrogen and oxygen atoms in total. The fourth-order valence-electron chi connectivity index (χ4n) is 4.54. The Labute approximate surface area is 234 Å². The Morgan fingerprint density at radius 1 is 1.15 bits per heavy atom. The number of carboxylic acid groups (broad SMARTS) is 2. The minimum absolute atomic E-state index is 0.180. The van der Waals surface area contributed by atoms with E-state index < -0.39 is 29.8 Å². The zero-order valence-electron chi connectivity index (χ0n) is 22.6. The molecule has 13 heteroatoms. The van der Waals surface area contributed by atoms with Crippen LogP contribution in [0.25, 0.3) is 0 Å². The monoisotopic (exact) mass is 575 g/mol. The zero-order valence-corrected chi connectivity index (χ0v) is 22.6. The van der Waals surface area contributed by atoms with Gasteiger partial charge in [-0.15, -0.1) is 0 Å². The minimum Gasteiger partial charge on any atom is -0.542 e. The molecule has 0 radical (unpaired) electrons. The zero-order chi connectivity index (χ0) is 30.2. The molecule has 1 aromatic carbocycles. The number of hydrogen-bond donors (Lipinski definition) is 2. The van der Waals surface area contributed by atoms with Crippen molar-refractivity contribution in [1.29, 1.82) is 0 Å². The van der Waals surface area contributed by atoms with E-state index in [2.05, 4.69) is 20.2 Å². The van der Waals surface area contributed by atoms with Gasteiger partial charge in [0, 0.05) is 30.9 Å². The fourth-order valence-corrected chi connectivity index (χ4v) is 4.54. The lowest BCUT2D eigenvalue weighted by molar-refractivity contribution is -0.361. The number of rotatable bonds is 8. The molecular weight excluding hydrogens is 543 g/mol. The Balaban J connectivity index is 0.000000587. The van der Waals surface area contributed by atoms with Crippen molar-refractivity contribution in [1.82, 2.24) is 9.55 Å². The van der Waals surface area contributed by atoms with Crippen LogP contribution in [0.5, 0.6) is 0 Å². The highest BCUT2D eigenvalue weighted by atomic mass is 19.4. The van der Waals surface area contributed by atoms with E-state index in [-0.39, 0.29) is 6.42 Å². The maximum Gasteiger partial charge on any atom is 0.430 e. The number of halogens is 3. The van der Waals surface area contributed by atoms with Crippen molar-refractivity contribution < 1.29 is 38.0 Å². The number of pyridine rings is 1. The number of hydrogen-bond acceptors (Lipinski definition) is 7. The second kappa shape index (κ2) is 13.8. The van der Waals surface area contributed by atoms with Gasteiger partial charge in [0.1, 0.15) is 11.8 Å². The SMILES string of the molecule is Cc1ccc(C(CC(=O)O)n2cc(C)c(N3CCC(CNc4cccc[nH+]4)CC3)nc2=O)cc1.O=C([O-])C(F)(F)F. The summed E-state index contributed by atoms with van der Waals surface area (Å²) in [4.78, 5) is 43.2. The van der Waals surface area contributed by atoms with Crippen LogP contribution in [0.2, 0.25) is 0 Å². The summed E-state index contributed by atoms with van der Waals surface area (Å²) in [6.45, 7) is 6.47. The molecule has 1 saturated heterocycles. The van der Waals surface area contributed by atoms with Crippen LogP contribution >= 0.6 is 0 Å². The predicted octanol–water partition coefficient (Wildman–Crippen LogP) is 2.37. The van der Waals surface area contributed by atoms with Crippen molar-refractivity contribution in [3.63, 3.8) is 0 Å². The topological polar surface area (TPSA) is 142 Å². The third kappa shape index (κ3) is 9.05. The highest BCUT2D eigenvalue weighted by Crippen LogP contribution is 2.26. The molecule has 41 heavy (non-hydrogen) atoms. The number of nitrogens with zero attached hydrogens (tertiary/aromatic N) is 3. The van der Waals surface area contributed by atoms with Gasteiger partial charge in [0.15, 0.2) is 0 Å². The van der Waals surface area contributed by atoms with Crippen LogP contribution in [-0.2, 0) is 9.59 Å². The lowest BCUT2D eigenvalue weighted by Crippen LogP contribution is -2.39. The number of aromatic amines is 1. The molecule has 0 saturated carbocycles. The van der Waals surface area contributed by atoms with Crippen LogP contribution in [0.3, 0.4) is 0 Å². The first-order valence-electron chi connectivity index (χ1n) is 13.0. The molecule has 1 aliphatic rings. The van der Waals surface area contributed by atoms with Gasteiger partial charge < -0.3 is 19.9 Å². The number of benzene rings is 1. The van der Waals surface area contributed by atoms with E-state index in [0.717, 1.165) is 55.0 Å². The number of H-pyrrole nitrogens is 1. The van der Waals surface area contributed by atoms with E-state index in [1.807, 2.05) is 62.5 Å². The Morgan fingerprint density at radius 3 is 2.32 bits per heavy atom. The van der Waals surface area contributed by atoms with Gasteiger partial charge in [0.25, 0.3) is 5.82 Å². The molecule has 1 aliphatic heterocycles. The second-order valence-electron chi connectivity index (χ2n) is 9.83. The van der Waals surface area contributed by atoms with E-state index in [1.54, 1.807) is 6.20 Å². The molecule has 0 spiro atoms. The standard InChI is InChI=1S/C26H31N5O3.C2HF3O2/c1-18-6-8-21(9-7-18)22(15-24(32)33)31-17-19(2)25(29-26(31)34)30-13-10-20(11-14-30)16-28-23-5-3-4-12-27-23;3-2(4,5)1(6)7/h3-9,12,17,20,22H,10-11,13-16H2,1-2H3,(H,27,28)(H,32,33);(H,6,7). The molecule has 3 heterocycles. The second-order valence-corrected chi connectivity index (χ2v) is 9.83. The van der Waals surface area contributed by atoms with Gasteiger partial charge in [-0.3, -0.25) is 14.7 Å². The Morgan fingerprint density at radius 2 is 1.78 bits per heavy atom. The summed E-state index contributed by atoms with van der Waals surface area (Å²) in [5.74, 6) is -1.71. The molecule has 0 amide bonds. The molecule has 3 N–H and O–H groups in total.